The summed E-state index contributed by atoms with van der Waals surface area (Å²) >= 11 is 5.32. The van der Waals surface area contributed by atoms with Gasteiger partial charge in [0.25, 0.3) is 11.8 Å². The minimum absolute atomic E-state index is 0.0596. The molecular weight excluding hydrogens is 430 g/mol. The molecule has 1 N–H and O–H groups in total. The molecule has 0 radical (unpaired) electrons. The Morgan fingerprint density at radius 1 is 0.970 bits per heavy atom. The van der Waals surface area contributed by atoms with E-state index in [1.165, 1.54) is 10.5 Å². The fraction of sp³-hybridized carbons (Fsp3) is 0.222. The highest BCUT2D eigenvalue weighted by molar-refractivity contribution is 7.80. The number of benzene rings is 2. The van der Waals surface area contributed by atoms with Crippen molar-refractivity contribution in [2.75, 3.05) is 4.90 Å². The summed E-state index contributed by atoms with van der Waals surface area (Å²) in [5.74, 6) is -0.910. The Kier molecular flexibility index (Phi) is 6.04. The third kappa shape index (κ3) is 4.14. The largest absolute Gasteiger partial charge is 0.318 e. The molecular formula is C27H27N3O2S. The second kappa shape index (κ2) is 8.79. The van der Waals surface area contributed by atoms with Gasteiger partial charge < -0.3 is 4.57 Å². The fourth-order valence-corrected chi connectivity index (χ4v) is 4.47. The summed E-state index contributed by atoms with van der Waals surface area (Å²) in [5, 5.41) is 2.76. The number of thiocarbonyl (C=S) groups is 1. The monoisotopic (exact) mass is 457 g/mol. The van der Waals surface area contributed by atoms with Crippen LogP contribution in [0.25, 0.3) is 11.8 Å². The van der Waals surface area contributed by atoms with Crippen molar-refractivity contribution in [2.24, 2.45) is 0 Å². The zero-order valence-electron chi connectivity index (χ0n) is 19.5. The molecule has 1 aliphatic rings. The van der Waals surface area contributed by atoms with E-state index in [4.69, 9.17) is 12.2 Å². The maximum Gasteiger partial charge on any atom is 0.270 e. The van der Waals surface area contributed by atoms with Crippen LogP contribution in [0.1, 0.15) is 40.6 Å². The Bertz CT molecular complexity index is 1320. The molecule has 33 heavy (non-hydrogen) atoms. The number of amides is 2. The second-order valence-corrected chi connectivity index (χ2v) is 8.82. The minimum Gasteiger partial charge on any atom is -0.318 e. The molecule has 2 aromatic carbocycles. The number of nitrogens with zero attached hydrogens (tertiary/aromatic N) is 2. The number of nitrogens with one attached hydrogen (secondary N) is 1. The third-order valence-corrected chi connectivity index (χ3v) is 6.36. The molecule has 6 heteroatoms. The molecule has 3 aromatic rings. The summed E-state index contributed by atoms with van der Waals surface area (Å²) < 4.78 is 2.16. The molecule has 1 saturated heterocycles. The van der Waals surface area contributed by atoms with Crippen LogP contribution in [0.4, 0.5) is 5.69 Å². The zero-order valence-corrected chi connectivity index (χ0v) is 20.3. The Balaban J connectivity index is 1.76. The number of rotatable bonds is 4. The van der Waals surface area contributed by atoms with E-state index in [0.717, 1.165) is 40.2 Å². The van der Waals surface area contributed by atoms with Gasteiger partial charge in [-0.25, -0.2) is 0 Å². The summed E-state index contributed by atoms with van der Waals surface area (Å²) in [7, 11) is 0. The molecule has 0 bridgehead atoms. The average Bonchev–Trinajstić information content (AvgIpc) is 3.06. The van der Waals surface area contributed by atoms with Crippen molar-refractivity contribution in [3.63, 3.8) is 0 Å². The molecule has 2 amide bonds. The number of carbonyl (C=O) groups excluding carboxylic acids is 2. The lowest BCUT2D eigenvalue weighted by Gasteiger charge is -2.29. The van der Waals surface area contributed by atoms with Crippen molar-refractivity contribution in [2.45, 2.75) is 41.0 Å². The second-order valence-electron chi connectivity index (χ2n) is 8.43. The Morgan fingerprint density at radius 3 is 2.33 bits per heavy atom. The van der Waals surface area contributed by atoms with Gasteiger partial charge in [0, 0.05) is 17.1 Å². The molecule has 0 atom stereocenters. The highest BCUT2D eigenvalue weighted by Gasteiger charge is 2.34. The first kappa shape index (κ1) is 22.7. The van der Waals surface area contributed by atoms with E-state index in [9.17, 15) is 9.59 Å². The smallest absolute Gasteiger partial charge is 0.270 e. The molecule has 2 heterocycles. The maximum absolute atomic E-state index is 13.4. The number of carbonyl (C=O) groups is 2. The zero-order chi connectivity index (χ0) is 23.9. The van der Waals surface area contributed by atoms with Crippen LogP contribution in [-0.4, -0.2) is 21.5 Å². The number of hydrogen-bond donors (Lipinski definition) is 1. The van der Waals surface area contributed by atoms with E-state index in [0.29, 0.717) is 5.69 Å². The van der Waals surface area contributed by atoms with Gasteiger partial charge in [-0.05, 0) is 98.9 Å². The molecule has 4 rings (SSSR count). The number of aryl methyl sites for hydroxylation is 4. The predicted molar refractivity (Wildman–Crippen MR) is 137 cm³/mol. The highest BCUT2D eigenvalue weighted by Crippen LogP contribution is 2.28. The third-order valence-electron chi connectivity index (χ3n) is 6.08. The standard InChI is InChI=1S/C27H27N3O2S/c1-6-20-9-11-22(12-10-20)30-26(32)23(25(31)28-27(30)33)15-21-14-18(4)29(19(21)5)24-13-16(2)7-8-17(24)3/h7-15H,6H2,1-5H3,(H,28,31,33)/b23-15+. The topological polar surface area (TPSA) is 54.3 Å². The van der Waals surface area contributed by atoms with Gasteiger partial charge in [0.2, 0.25) is 0 Å². The minimum atomic E-state index is -0.483. The summed E-state index contributed by atoms with van der Waals surface area (Å²) in [6, 6.07) is 16.0. The van der Waals surface area contributed by atoms with Crippen LogP contribution in [0.15, 0.2) is 54.1 Å². The van der Waals surface area contributed by atoms with Crippen LogP contribution in [0, 0.1) is 27.7 Å². The van der Waals surface area contributed by atoms with Gasteiger partial charge in [-0.15, -0.1) is 0 Å². The lowest BCUT2D eigenvalue weighted by molar-refractivity contribution is -0.122. The molecule has 5 nitrogen and oxygen atoms in total. The molecule has 1 aromatic heterocycles. The first-order valence-corrected chi connectivity index (χ1v) is 11.4. The van der Waals surface area contributed by atoms with Crippen LogP contribution in [0.3, 0.4) is 0 Å². The molecule has 0 aliphatic carbocycles. The fourth-order valence-electron chi connectivity index (χ4n) is 4.19. The summed E-state index contributed by atoms with van der Waals surface area (Å²) in [6.07, 6.45) is 2.56. The van der Waals surface area contributed by atoms with Gasteiger partial charge in [-0.1, -0.05) is 31.2 Å². The molecule has 0 unspecified atom stereocenters. The Morgan fingerprint density at radius 2 is 1.67 bits per heavy atom. The van der Waals surface area contributed by atoms with Gasteiger partial charge in [-0.3, -0.25) is 19.8 Å². The van der Waals surface area contributed by atoms with Crippen molar-refractivity contribution in [3.8, 4) is 5.69 Å². The normalized spacial score (nSPS) is 15.4. The van der Waals surface area contributed by atoms with Gasteiger partial charge in [-0.2, -0.15) is 0 Å². The van der Waals surface area contributed by atoms with Crippen molar-refractivity contribution in [1.29, 1.82) is 0 Å². The summed E-state index contributed by atoms with van der Waals surface area (Å²) in [4.78, 5) is 27.5. The van der Waals surface area contributed by atoms with Gasteiger partial charge >= 0.3 is 0 Å². The van der Waals surface area contributed by atoms with Crippen LogP contribution < -0.4 is 10.2 Å². The molecule has 0 saturated carbocycles. The highest BCUT2D eigenvalue weighted by atomic mass is 32.1. The first-order chi connectivity index (χ1) is 15.7. The molecule has 1 fully saturated rings. The van der Waals surface area contributed by atoms with E-state index in [-0.39, 0.29) is 10.7 Å². The van der Waals surface area contributed by atoms with E-state index in [1.807, 2.05) is 44.2 Å². The van der Waals surface area contributed by atoms with Crippen molar-refractivity contribution in [3.05, 3.63) is 87.7 Å². The van der Waals surface area contributed by atoms with Gasteiger partial charge in [0.05, 0.1) is 5.69 Å². The Hall–Kier alpha value is -3.51. The van der Waals surface area contributed by atoms with Crippen molar-refractivity contribution < 1.29 is 9.59 Å². The van der Waals surface area contributed by atoms with Crippen LogP contribution in [0.5, 0.6) is 0 Å². The quantitative estimate of drug-likeness (QED) is 0.337. The lowest BCUT2D eigenvalue weighted by atomic mass is 10.1. The average molecular weight is 458 g/mol. The molecule has 168 valence electrons. The van der Waals surface area contributed by atoms with Crippen molar-refractivity contribution >= 4 is 40.9 Å². The van der Waals surface area contributed by atoms with E-state index >= 15 is 0 Å². The number of hydrogen-bond acceptors (Lipinski definition) is 3. The van der Waals surface area contributed by atoms with E-state index in [2.05, 4.69) is 48.9 Å². The summed E-state index contributed by atoms with van der Waals surface area (Å²) in [5.41, 5.74) is 8.07. The van der Waals surface area contributed by atoms with Crippen LogP contribution in [-0.2, 0) is 16.0 Å². The van der Waals surface area contributed by atoms with E-state index < -0.39 is 11.8 Å². The predicted octanol–water partition coefficient (Wildman–Crippen LogP) is 5.10. The number of anilines is 1. The number of aromatic nitrogens is 1. The first-order valence-electron chi connectivity index (χ1n) is 11.0. The van der Waals surface area contributed by atoms with E-state index in [1.54, 1.807) is 6.08 Å². The Labute approximate surface area is 199 Å². The van der Waals surface area contributed by atoms with Crippen LogP contribution in [0.2, 0.25) is 0 Å². The maximum atomic E-state index is 13.4. The summed E-state index contributed by atoms with van der Waals surface area (Å²) in [6.45, 7) is 10.2. The molecule has 1 aliphatic heterocycles. The van der Waals surface area contributed by atoms with Gasteiger partial charge in [0.1, 0.15) is 5.57 Å². The lowest BCUT2D eigenvalue weighted by Crippen LogP contribution is -2.54. The molecule has 0 spiro atoms. The van der Waals surface area contributed by atoms with Crippen molar-refractivity contribution in [1.82, 2.24) is 9.88 Å². The SMILES string of the molecule is CCc1ccc(N2C(=O)/C(=C/c3cc(C)n(-c4cc(C)ccc4C)c3C)C(=O)NC2=S)cc1. The van der Waals surface area contributed by atoms with Gasteiger partial charge in [0.15, 0.2) is 5.11 Å². The van der Waals surface area contributed by atoms with Crippen LogP contribution >= 0.6 is 12.2 Å².